The maximum absolute atomic E-state index is 12.2. The molecule has 0 spiro atoms. The van der Waals surface area contributed by atoms with Gasteiger partial charge >= 0.3 is 0 Å². The van der Waals surface area contributed by atoms with E-state index in [1.54, 1.807) is 32.4 Å². The molecule has 11 heteroatoms. The van der Waals surface area contributed by atoms with Crippen LogP contribution in [0.3, 0.4) is 0 Å². The van der Waals surface area contributed by atoms with Gasteiger partial charge in [0.1, 0.15) is 0 Å². The molecule has 4 aromatic rings. The molecule has 0 fully saturated rings. The maximum atomic E-state index is 12.2. The lowest BCUT2D eigenvalue weighted by Gasteiger charge is -2.12. The Bertz CT molecular complexity index is 1400. The molecule has 0 aromatic carbocycles. The van der Waals surface area contributed by atoms with Crippen molar-refractivity contribution < 1.29 is 13.7 Å². The molecule has 40 heavy (non-hydrogen) atoms. The molecular weight excluding hydrogens is 674 g/mol. The zero-order valence-electron chi connectivity index (χ0n) is 23.1. The van der Waals surface area contributed by atoms with E-state index in [0.29, 0.717) is 18.9 Å². The fraction of sp³-hybridized carbons (Fsp3) is 0.310. The van der Waals surface area contributed by atoms with E-state index in [2.05, 4.69) is 63.9 Å². The molecule has 0 amide bonds. The van der Waals surface area contributed by atoms with Gasteiger partial charge in [-0.25, -0.2) is 0 Å². The smallest absolute Gasteiger partial charge is 0.204 e. The highest BCUT2D eigenvalue weighted by molar-refractivity contribution is 9.08. The molecule has 212 valence electrons. The van der Waals surface area contributed by atoms with Crippen molar-refractivity contribution in [2.45, 2.75) is 29.9 Å². The lowest BCUT2D eigenvalue weighted by atomic mass is 10.2. The molecule has 1 atom stereocenters. The van der Waals surface area contributed by atoms with Gasteiger partial charge in [0.25, 0.3) is 0 Å². The van der Waals surface area contributed by atoms with Gasteiger partial charge in [0.05, 0.1) is 42.7 Å². The largest absolute Gasteiger partial charge is 0.329 e. The molecule has 0 aliphatic heterocycles. The fourth-order valence-corrected chi connectivity index (χ4v) is 6.96. The van der Waals surface area contributed by atoms with Crippen molar-refractivity contribution in [2.24, 2.45) is 0 Å². The molecule has 0 aliphatic carbocycles. The van der Waals surface area contributed by atoms with E-state index in [1.807, 2.05) is 55.7 Å². The summed E-state index contributed by atoms with van der Waals surface area (Å²) in [6.45, 7) is 7.47. The van der Waals surface area contributed by atoms with E-state index in [1.165, 1.54) is 11.1 Å². The topological polar surface area (TPSA) is 94.9 Å². The minimum Gasteiger partial charge on any atom is -0.329 e. The van der Waals surface area contributed by atoms with Crippen molar-refractivity contribution in [1.82, 2.24) is 19.9 Å². The lowest BCUT2D eigenvalue weighted by Crippen LogP contribution is -1.95. The van der Waals surface area contributed by atoms with Crippen LogP contribution in [0.2, 0.25) is 0 Å². The van der Waals surface area contributed by atoms with Crippen molar-refractivity contribution in [3.05, 3.63) is 95.6 Å². The van der Waals surface area contributed by atoms with E-state index in [4.69, 9.17) is 4.52 Å². The molecule has 0 N–H and O–H groups in total. The minimum absolute atomic E-state index is 0.378. The van der Waals surface area contributed by atoms with Gasteiger partial charge in [-0.3, -0.25) is 24.5 Å². The van der Waals surface area contributed by atoms with E-state index in [9.17, 15) is 9.13 Å². The number of hydrogen-bond donors (Lipinski definition) is 0. The third-order valence-corrected chi connectivity index (χ3v) is 9.73. The first kappa shape index (κ1) is 32.5. The first-order chi connectivity index (χ1) is 19.0. The van der Waals surface area contributed by atoms with Gasteiger partial charge in [-0.05, 0) is 66.8 Å². The predicted octanol–water partition coefficient (Wildman–Crippen LogP) is 8.64. The monoisotopic (exact) mass is 706 g/mol. The second-order valence-corrected chi connectivity index (χ2v) is 17.0. The molecule has 0 saturated heterocycles. The Balaban J connectivity index is 0.000000238. The van der Waals surface area contributed by atoms with Crippen LogP contribution in [0.4, 0.5) is 0 Å². The molecule has 0 saturated carbocycles. The summed E-state index contributed by atoms with van der Waals surface area (Å²) in [6.07, 6.45) is 8.12. The number of pyridine rings is 4. The molecule has 4 rings (SSSR count). The van der Waals surface area contributed by atoms with Gasteiger partial charge in [-0.2, -0.15) is 0 Å². The van der Waals surface area contributed by atoms with Gasteiger partial charge in [-0.15, -0.1) is 0 Å². The highest BCUT2D eigenvalue weighted by Crippen LogP contribution is 2.46. The zero-order valence-corrected chi connectivity index (χ0v) is 28.1. The normalized spacial score (nSPS) is 12.8. The van der Waals surface area contributed by atoms with Gasteiger partial charge < -0.3 is 9.09 Å². The SMILES string of the molecule is BrCc1ccc(-c2ccc(CBr)cn2)nc1.CCOP(C)(=O)Cc1ccc(-c2ccc(CP(C)(C)=O)cn2)nc1. The minimum atomic E-state index is -2.61. The summed E-state index contributed by atoms with van der Waals surface area (Å²) < 4.78 is 29.4. The summed E-state index contributed by atoms with van der Waals surface area (Å²) >= 11 is 6.79. The summed E-state index contributed by atoms with van der Waals surface area (Å²) in [5.41, 5.74) is 7.51. The molecule has 0 radical (unpaired) electrons. The third kappa shape index (κ3) is 10.8. The van der Waals surface area contributed by atoms with Crippen LogP contribution in [0, 0.1) is 0 Å². The van der Waals surface area contributed by atoms with Crippen LogP contribution in [-0.2, 0) is 36.6 Å². The van der Waals surface area contributed by atoms with Crippen molar-refractivity contribution in [3.63, 3.8) is 0 Å². The van der Waals surface area contributed by atoms with Crippen molar-refractivity contribution in [3.8, 4) is 22.8 Å². The van der Waals surface area contributed by atoms with Gasteiger partial charge in [0.2, 0.25) is 7.37 Å². The third-order valence-electron chi connectivity index (χ3n) is 5.57. The summed E-state index contributed by atoms with van der Waals surface area (Å²) in [5.74, 6) is 0. The Morgan fingerprint density at radius 1 is 0.600 bits per heavy atom. The molecular formula is C29H34Br2N4O3P2. The maximum Gasteiger partial charge on any atom is 0.204 e. The van der Waals surface area contributed by atoms with E-state index >= 15 is 0 Å². The van der Waals surface area contributed by atoms with Crippen LogP contribution in [-0.4, -0.2) is 46.5 Å². The molecule has 4 aromatic heterocycles. The predicted molar refractivity (Wildman–Crippen MR) is 172 cm³/mol. The second-order valence-electron chi connectivity index (χ2n) is 9.80. The first-order valence-electron chi connectivity index (χ1n) is 12.7. The van der Waals surface area contributed by atoms with Gasteiger partial charge in [-0.1, -0.05) is 56.1 Å². The quantitative estimate of drug-likeness (QED) is 0.120. The fourth-order valence-electron chi connectivity index (χ4n) is 3.74. The molecule has 1 unspecified atom stereocenters. The second kappa shape index (κ2) is 15.3. The van der Waals surface area contributed by atoms with Crippen LogP contribution in [0.1, 0.15) is 29.2 Å². The number of nitrogens with zero attached hydrogens (tertiary/aromatic N) is 4. The van der Waals surface area contributed by atoms with Crippen LogP contribution >= 0.6 is 46.4 Å². The molecule has 7 nitrogen and oxygen atoms in total. The van der Waals surface area contributed by atoms with Crippen LogP contribution in [0.25, 0.3) is 22.8 Å². The number of halogens is 2. The average molecular weight is 708 g/mol. The van der Waals surface area contributed by atoms with Crippen molar-refractivity contribution in [1.29, 1.82) is 0 Å². The summed E-state index contributed by atoms with van der Waals surface area (Å²) in [7, 11) is -4.71. The first-order valence-corrected chi connectivity index (χ1v) is 20.0. The van der Waals surface area contributed by atoms with Crippen LogP contribution < -0.4 is 0 Å². The highest BCUT2D eigenvalue weighted by Gasteiger charge is 2.16. The number of hydrogen-bond acceptors (Lipinski definition) is 7. The summed E-state index contributed by atoms with van der Waals surface area (Å²) in [6, 6.07) is 15.7. The average Bonchev–Trinajstić information content (AvgIpc) is 2.93. The Kier molecular flexibility index (Phi) is 12.4. The van der Waals surface area contributed by atoms with Gasteiger partial charge in [0.15, 0.2) is 0 Å². The molecule has 0 aliphatic rings. The summed E-state index contributed by atoms with van der Waals surface area (Å²) in [5, 5.41) is 1.66. The van der Waals surface area contributed by atoms with Crippen LogP contribution in [0.15, 0.2) is 73.3 Å². The zero-order chi connectivity index (χ0) is 29.2. The van der Waals surface area contributed by atoms with Crippen molar-refractivity contribution >= 4 is 46.4 Å². The molecule has 0 bridgehead atoms. The Hall–Kier alpha value is -2.02. The lowest BCUT2D eigenvalue weighted by molar-refractivity contribution is 0.336. The summed E-state index contributed by atoms with van der Waals surface area (Å²) in [4.78, 5) is 17.5. The van der Waals surface area contributed by atoms with E-state index in [-0.39, 0.29) is 0 Å². The Labute approximate surface area is 253 Å². The van der Waals surface area contributed by atoms with E-state index in [0.717, 1.165) is 44.6 Å². The Morgan fingerprint density at radius 2 is 0.950 bits per heavy atom. The highest BCUT2D eigenvalue weighted by atomic mass is 79.9. The van der Waals surface area contributed by atoms with Crippen LogP contribution in [0.5, 0.6) is 0 Å². The Morgan fingerprint density at radius 3 is 1.23 bits per heavy atom. The molecule has 4 heterocycles. The van der Waals surface area contributed by atoms with E-state index < -0.39 is 14.5 Å². The van der Waals surface area contributed by atoms with Crippen molar-refractivity contribution in [2.75, 3.05) is 26.6 Å². The number of alkyl halides is 2. The standard InChI is InChI=1S/C17H24N2O3P2.C12H10Br2N2/c1-5-22-24(4,21)13-15-7-9-17(19-11-15)16-8-6-14(10-18-16)12-23(2,3)20;13-5-9-1-3-11(15-7-9)12-4-2-10(6-14)8-16-12/h6-11H,5,12-13H2,1-4H3;1-4,7-8H,5-6H2. The number of aromatic nitrogens is 4. The number of rotatable bonds is 10. The van der Waals surface area contributed by atoms with Gasteiger partial charge in [0, 0.05) is 48.3 Å².